The molecule has 1 amide bonds. The Morgan fingerprint density at radius 3 is 3.00 bits per heavy atom. The van der Waals surface area contributed by atoms with E-state index >= 15 is 0 Å². The lowest BCUT2D eigenvalue weighted by Gasteiger charge is -2.05. The van der Waals surface area contributed by atoms with Crippen molar-refractivity contribution in [2.45, 2.75) is 19.2 Å². The minimum atomic E-state index is -0.427. The summed E-state index contributed by atoms with van der Waals surface area (Å²) in [4.78, 5) is 11.2. The van der Waals surface area contributed by atoms with Crippen LogP contribution in [0.3, 0.4) is 0 Å². The van der Waals surface area contributed by atoms with Crippen molar-refractivity contribution in [1.82, 2.24) is 20.4 Å². The van der Waals surface area contributed by atoms with Gasteiger partial charge in [0.25, 0.3) is 5.91 Å². The van der Waals surface area contributed by atoms with Gasteiger partial charge in [-0.3, -0.25) is 14.9 Å². The molecule has 6 nitrogen and oxygen atoms in total. The molecule has 2 rings (SSSR count). The van der Waals surface area contributed by atoms with E-state index < -0.39 is 5.91 Å². The van der Waals surface area contributed by atoms with E-state index in [2.05, 4.69) is 35.4 Å². The summed E-state index contributed by atoms with van der Waals surface area (Å²) >= 11 is 1.82. The molecule has 0 saturated carbocycles. The summed E-state index contributed by atoms with van der Waals surface area (Å²) in [5.41, 5.74) is 4.92. The molecule has 3 N–H and O–H groups in total. The van der Waals surface area contributed by atoms with E-state index in [1.165, 1.54) is 11.1 Å². The van der Waals surface area contributed by atoms with Gasteiger partial charge in [-0.15, -0.1) is 5.10 Å². The largest absolute Gasteiger partial charge is 0.289 e. The van der Waals surface area contributed by atoms with E-state index in [9.17, 15) is 4.79 Å². The molecule has 106 valence electrons. The molecular weight excluding hydrogens is 274 g/mol. The van der Waals surface area contributed by atoms with Crippen molar-refractivity contribution in [3.63, 3.8) is 0 Å². The van der Waals surface area contributed by atoms with Gasteiger partial charge < -0.3 is 0 Å². The SMILES string of the molecule is Cc1ccccc1CSCCn1cc(C(=O)NN)nn1. The summed E-state index contributed by atoms with van der Waals surface area (Å²) in [5.74, 6) is 6.48. The lowest BCUT2D eigenvalue weighted by molar-refractivity contribution is 0.0948. The molecular formula is C13H17N5OS. The summed E-state index contributed by atoms with van der Waals surface area (Å²) in [6, 6.07) is 8.35. The summed E-state index contributed by atoms with van der Waals surface area (Å²) in [6.07, 6.45) is 1.59. The van der Waals surface area contributed by atoms with Gasteiger partial charge in [-0.2, -0.15) is 11.8 Å². The normalized spacial score (nSPS) is 10.5. The number of nitrogens with one attached hydrogen (secondary N) is 1. The number of nitrogens with zero attached hydrogens (tertiary/aromatic N) is 3. The molecule has 1 aromatic carbocycles. The second-order valence-corrected chi connectivity index (χ2v) is 5.42. The molecule has 0 aliphatic carbocycles. The Kier molecular flexibility index (Phi) is 5.14. The van der Waals surface area contributed by atoms with Crippen molar-refractivity contribution >= 4 is 17.7 Å². The zero-order valence-corrected chi connectivity index (χ0v) is 12.1. The molecule has 2 aromatic rings. The minimum Gasteiger partial charge on any atom is -0.289 e. The molecule has 0 saturated heterocycles. The van der Waals surface area contributed by atoms with Crippen LogP contribution in [0.4, 0.5) is 0 Å². The van der Waals surface area contributed by atoms with Crippen LogP contribution in [0.15, 0.2) is 30.5 Å². The van der Waals surface area contributed by atoms with Crippen LogP contribution >= 0.6 is 11.8 Å². The highest BCUT2D eigenvalue weighted by Crippen LogP contribution is 2.15. The maximum atomic E-state index is 11.2. The standard InChI is InChI=1S/C13H17N5OS/c1-10-4-2-3-5-11(10)9-20-7-6-18-8-12(16-17-18)13(19)15-14/h2-5,8H,6-7,9,14H2,1H3,(H,15,19). The molecule has 7 heteroatoms. The average Bonchev–Trinajstić information content (AvgIpc) is 2.93. The first-order valence-electron chi connectivity index (χ1n) is 6.24. The molecule has 0 radical (unpaired) electrons. The van der Waals surface area contributed by atoms with E-state index in [4.69, 9.17) is 5.84 Å². The summed E-state index contributed by atoms with van der Waals surface area (Å²) < 4.78 is 1.65. The van der Waals surface area contributed by atoms with E-state index in [0.29, 0.717) is 6.54 Å². The topological polar surface area (TPSA) is 85.8 Å². The van der Waals surface area contributed by atoms with Crippen molar-refractivity contribution < 1.29 is 4.79 Å². The monoisotopic (exact) mass is 291 g/mol. The fraction of sp³-hybridized carbons (Fsp3) is 0.308. The van der Waals surface area contributed by atoms with Gasteiger partial charge >= 0.3 is 0 Å². The third-order valence-electron chi connectivity index (χ3n) is 2.89. The fourth-order valence-corrected chi connectivity index (χ4v) is 2.70. The number of hydrogen-bond donors (Lipinski definition) is 2. The zero-order valence-electron chi connectivity index (χ0n) is 11.2. The Labute approximate surface area is 121 Å². The van der Waals surface area contributed by atoms with Crippen molar-refractivity contribution in [3.8, 4) is 0 Å². The maximum Gasteiger partial charge on any atom is 0.287 e. The van der Waals surface area contributed by atoms with E-state index in [1.807, 2.05) is 23.3 Å². The van der Waals surface area contributed by atoms with Crippen molar-refractivity contribution in [1.29, 1.82) is 0 Å². The quantitative estimate of drug-likeness (QED) is 0.360. The minimum absolute atomic E-state index is 0.233. The van der Waals surface area contributed by atoms with Crippen LogP contribution in [0.25, 0.3) is 0 Å². The molecule has 0 aliphatic heterocycles. The van der Waals surface area contributed by atoms with Gasteiger partial charge in [0.2, 0.25) is 0 Å². The van der Waals surface area contributed by atoms with E-state index in [-0.39, 0.29) is 5.69 Å². The van der Waals surface area contributed by atoms with Crippen LogP contribution in [0.5, 0.6) is 0 Å². The number of carbonyl (C=O) groups is 1. The van der Waals surface area contributed by atoms with E-state index in [0.717, 1.165) is 11.5 Å². The lowest BCUT2D eigenvalue weighted by Crippen LogP contribution is -2.30. The molecule has 0 bridgehead atoms. The number of amides is 1. The number of thioether (sulfide) groups is 1. The molecule has 0 unspecified atom stereocenters. The van der Waals surface area contributed by atoms with Crippen molar-refractivity contribution in [2.75, 3.05) is 5.75 Å². The van der Waals surface area contributed by atoms with Gasteiger partial charge in [-0.25, -0.2) is 5.84 Å². The smallest absolute Gasteiger partial charge is 0.287 e. The van der Waals surface area contributed by atoms with Gasteiger partial charge in [-0.05, 0) is 18.1 Å². The maximum absolute atomic E-state index is 11.2. The zero-order chi connectivity index (χ0) is 14.4. The van der Waals surface area contributed by atoms with E-state index in [1.54, 1.807) is 10.9 Å². The third kappa shape index (κ3) is 3.82. The van der Waals surface area contributed by atoms with Crippen LogP contribution in [0.1, 0.15) is 21.6 Å². The predicted octanol–water partition coefficient (Wildman–Crippen LogP) is 1.12. The number of nitrogen functional groups attached to an aromatic ring is 1. The molecule has 1 heterocycles. The van der Waals surface area contributed by atoms with Crippen LogP contribution in [0.2, 0.25) is 0 Å². The van der Waals surface area contributed by atoms with Crippen molar-refractivity contribution in [3.05, 3.63) is 47.3 Å². The fourth-order valence-electron chi connectivity index (χ4n) is 1.70. The Morgan fingerprint density at radius 1 is 1.45 bits per heavy atom. The molecule has 0 atom stereocenters. The highest BCUT2D eigenvalue weighted by molar-refractivity contribution is 7.98. The summed E-state index contributed by atoms with van der Waals surface area (Å²) in [5, 5.41) is 7.63. The Hall–Kier alpha value is -1.86. The molecule has 20 heavy (non-hydrogen) atoms. The Balaban J connectivity index is 1.77. The molecule has 0 spiro atoms. The number of hydrogen-bond acceptors (Lipinski definition) is 5. The Bertz CT molecular complexity index is 584. The Morgan fingerprint density at radius 2 is 2.25 bits per heavy atom. The molecule has 0 fully saturated rings. The number of benzene rings is 1. The number of aromatic nitrogens is 3. The molecule has 0 aliphatic rings. The van der Waals surface area contributed by atoms with Crippen LogP contribution in [0, 0.1) is 6.92 Å². The van der Waals surface area contributed by atoms with Crippen LogP contribution in [-0.4, -0.2) is 26.7 Å². The second-order valence-electron chi connectivity index (χ2n) is 4.32. The first kappa shape index (κ1) is 14.5. The van der Waals surface area contributed by atoms with Gasteiger partial charge in [0, 0.05) is 11.5 Å². The lowest BCUT2D eigenvalue weighted by atomic mass is 10.1. The highest BCUT2D eigenvalue weighted by Gasteiger charge is 2.08. The predicted molar refractivity (Wildman–Crippen MR) is 79.0 cm³/mol. The number of nitrogens with two attached hydrogens (primary N) is 1. The van der Waals surface area contributed by atoms with Crippen molar-refractivity contribution in [2.24, 2.45) is 5.84 Å². The van der Waals surface area contributed by atoms with Crippen LogP contribution in [-0.2, 0) is 12.3 Å². The van der Waals surface area contributed by atoms with Gasteiger partial charge in [0.1, 0.15) is 0 Å². The number of hydrazine groups is 1. The number of aryl methyl sites for hydroxylation is 2. The van der Waals surface area contributed by atoms with Gasteiger partial charge in [0.05, 0.1) is 12.7 Å². The first-order chi connectivity index (χ1) is 9.70. The summed E-state index contributed by atoms with van der Waals surface area (Å²) in [7, 11) is 0. The van der Waals surface area contributed by atoms with Gasteiger partial charge in [-0.1, -0.05) is 29.5 Å². The second kappa shape index (κ2) is 7.06. The third-order valence-corrected chi connectivity index (χ3v) is 3.87. The van der Waals surface area contributed by atoms with Gasteiger partial charge in [0.15, 0.2) is 5.69 Å². The first-order valence-corrected chi connectivity index (χ1v) is 7.39. The average molecular weight is 291 g/mol. The van der Waals surface area contributed by atoms with Crippen LogP contribution < -0.4 is 11.3 Å². The number of rotatable bonds is 6. The highest BCUT2D eigenvalue weighted by atomic mass is 32.2. The summed E-state index contributed by atoms with van der Waals surface area (Å²) in [6.45, 7) is 2.83. The number of carbonyl (C=O) groups excluding carboxylic acids is 1. The molecule has 1 aromatic heterocycles.